The van der Waals surface area contributed by atoms with Crippen molar-refractivity contribution in [2.75, 3.05) is 39.8 Å². The normalized spacial score (nSPS) is 28.2. The third-order valence-electron chi connectivity index (χ3n) is 3.83. The van der Waals surface area contributed by atoms with Crippen molar-refractivity contribution in [2.45, 2.75) is 38.3 Å². The van der Waals surface area contributed by atoms with Gasteiger partial charge in [0.2, 0.25) is 0 Å². The number of likely N-dealkylation sites (N-methyl/N-ethyl adjacent to an activating group) is 1. The fourth-order valence-corrected chi connectivity index (χ4v) is 2.25. The molecule has 0 bridgehead atoms. The molecule has 0 unspecified atom stereocenters. The summed E-state index contributed by atoms with van der Waals surface area (Å²) in [7, 11) is 2.24. The first-order chi connectivity index (χ1) is 7.08. The lowest BCUT2D eigenvalue weighted by Gasteiger charge is -2.45. The van der Waals surface area contributed by atoms with Gasteiger partial charge < -0.3 is 5.32 Å². The summed E-state index contributed by atoms with van der Waals surface area (Å²) in [5.41, 5.74) is 0.345. The highest BCUT2D eigenvalue weighted by Gasteiger charge is 2.30. The molecule has 0 aromatic rings. The molecule has 0 aromatic heterocycles. The van der Waals surface area contributed by atoms with Crippen LogP contribution in [0.2, 0.25) is 0 Å². The Kier molecular flexibility index (Phi) is 3.33. The maximum Gasteiger partial charge on any atom is 0.0277 e. The molecule has 1 heterocycles. The van der Waals surface area contributed by atoms with Crippen molar-refractivity contribution < 1.29 is 0 Å². The fraction of sp³-hybridized carbons (Fsp3) is 1.00. The van der Waals surface area contributed by atoms with Crippen molar-refractivity contribution in [3.8, 4) is 0 Å². The minimum Gasteiger partial charge on any atom is -0.313 e. The molecule has 1 N–H and O–H groups in total. The summed E-state index contributed by atoms with van der Waals surface area (Å²) in [6.07, 6.45) is 2.79. The summed E-state index contributed by atoms with van der Waals surface area (Å²) in [6, 6.07) is 0.852. The van der Waals surface area contributed by atoms with Gasteiger partial charge in [0.15, 0.2) is 0 Å². The molecule has 0 spiro atoms. The van der Waals surface area contributed by atoms with Gasteiger partial charge in [0.1, 0.15) is 0 Å². The quantitative estimate of drug-likeness (QED) is 0.741. The molecule has 3 heteroatoms. The summed E-state index contributed by atoms with van der Waals surface area (Å²) in [6.45, 7) is 10.7. The van der Waals surface area contributed by atoms with E-state index in [1.165, 1.54) is 45.6 Å². The molecular formula is C12H25N3. The van der Waals surface area contributed by atoms with E-state index in [1.807, 2.05) is 0 Å². The molecule has 1 aliphatic carbocycles. The summed E-state index contributed by atoms with van der Waals surface area (Å²) >= 11 is 0. The van der Waals surface area contributed by atoms with Crippen LogP contribution in [0.1, 0.15) is 26.7 Å². The highest BCUT2D eigenvalue weighted by atomic mass is 15.3. The largest absolute Gasteiger partial charge is 0.313 e. The summed E-state index contributed by atoms with van der Waals surface area (Å²) in [5, 5.41) is 3.59. The third-order valence-corrected chi connectivity index (χ3v) is 3.83. The Morgan fingerprint density at radius 1 is 1.27 bits per heavy atom. The first kappa shape index (κ1) is 11.4. The Bertz CT molecular complexity index is 211. The molecule has 1 aliphatic heterocycles. The van der Waals surface area contributed by atoms with E-state index in [0.29, 0.717) is 5.54 Å². The van der Waals surface area contributed by atoms with E-state index in [9.17, 15) is 0 Å². The first-order valence-electron chi connectivity index (χ1n) is 6.25. The topological polar surface area (TPSA) is 18.5 Å². The number of nitrogens with one attached hydrogen (secondary N) is 1. The molecule has 3 nitrogen and oxygen atoms in total. The van der Waals surface area contributed by atoms with Gasteiger partial charge in [0, 0.05) is 44.3 Å². The van der Waals surface area contributed by atoms with Gasteiger partial charge in [-0.25, -0.2) is 0 Å². The Balaban J connectivity index is 1.68. The van der Waals surface area contributed by atoms with Crippen LogP contribution in [0.15, 0.2) is 0 Å². The molecule has 2 fully saturated rings. The standard InChI is InChI=1S/C12H25N3/c1-12(2)10-15(9-8-14(12)3)7-6-13-11-4-5-11/h11,13H,4-10H2,1-3H3. The van der Waals surface area contributed by atoms with Crippen LogP contribution in [-0.2, 0) is 0 Å². The smallest absolute Gasteiger partial charge is 0.0277 e. The molecular weight excluding hydrogens is 186 g/mol. The van der Waals surface area contributed by atoms with Gasteiger partial charge in [-0.05, 0) is 33.7 Å². The summed E-state index contributed by atoms with van der Waals surface area (Å²) in [4.78, 5) is 5.06. The minimum absolute atomic E-state index is 0.345. The number of rotatable bonds is 4. The van der Waals surface area contributed by atoms with E-state index < -0.39 is 0 Å². The zero-order valence-electron chi connectivity index (χ0n) is 10.4. The second-order valence-electron chi connectivity index (χ2n) is 5.74. The number of hydrogen-bond acceptors (Lipinski definition) is 3. The van der Waals surface area contributed by atoms with Crippen molar-refractivity contribution in [3.63, 3.8) is 0 Å². The summed E-state index contributed by atoms with van der Waals surface area (Å²) in [5.74, 6) is 0. The van der Waals surface area contributed by atoms with E-state index in [2.05, 4.69) is 36.0 Å². The fourth-order valence-electron chi connectivity index (χ4n) is 2.25. The molecule has 1 saturated carbocycles. The van der Waals surface area contributed by atoms with Crippen LogP contribution >= 0.6 is 0 Å². The monoisotopic (exact) mass is 211 g/mol. The maximum atomic E-state index is 3.59. The lowest BCUT2D eigenvalue weighted by molar-refractivity contribution is 0.0407. The van der Waals surface area contributed by atoms with Crippen molar-refractivity contribution in [2.24, 2.45) is 0 Å². The Morgan fingerprint density at radius 2 is 2.00 bits per heavy atom. The second kappa shape index (κ2) is 4.40. The molecule has 15 heavy (non-hydrogen) atoms. The number of piperazine rings is 1. The van der Waals surface area contributed by atoms with E-state index in [-0.39, 0.29) is 0 Å². The molecule has 2 rings (SSSR count). The Morgan fingerprint density at radius 3 is 2.60 bits per heavy atom. The van der Waals surface area contributed by atoms with Crippen LogP contribution in [0, 0.1) is 0 Å². The van der Waals surface area contributed by atoms with Gasteiger partial charge in [-0.2, -0.15) is 0 Å². The highest BCUT2D eigenvalue weighted by molar-refractivity contribution is 4.88. The molecule has 0 radical (unpaired) electrons. The second-order valence-corrected chi connectivity index (χ2v) is 5.74. The van der Waals surface area contributed by atoms with Gasteiger partial charge in [-0.3, -0.25) is 9.80 Å². The molecule has 1 saturated heterocycles. The molecule has 88 valence electrons. The number of nitrogens with zero attached hydrogens (tertiary/aromatic N) is 2. The van der Waals surface area contributed by atoms with Gasteiger partial charge in [-0.15, -0.1) is 0 Å². The lowest BCUT2D eigenvalue weighted by atomic mass is 10.00. The zero-order chi connectivity index (χ0) is 10.9. The van der Waals surface area contributed by atoms with Crippen molar-refractivity contribution in [1.82, 2.24) is 15.1 Å². The minimum atomic E-state index is 0.345. The Labute approximate surface area is 93.8 Å². The SMILES string of the molecule is CN1CCN(CCNC2CC2)CC1(C)C. The van der Waals surface area contributed by atoms with Gasteiger partial charge in [-0.1, -0.05) is 0 Å². The average Bonchev–Trinajstić information content (AvgIpc) is 2.95. The summed E-state index contributed by atoms with van der Waals surface area (Å²) < 4.78 is 0. The van der Waals surface area contributed by atoms with Crippen LogP contribution < -0.4 is 5.32 Å². The first-order valence-corrected chi connectivity index (χ1v) is 6.25. The number of hydrogen-bond donors (Lipinski definition) is 1. The zero-order valence-corrected chi connectivity index (χ0v) is 10.4. The third kappa shape index (κ3) is 3.16. The molecule has 0 atom stereocenters. The molecule has 0 amide bonds. The van der Waals surface area contributed by atoms with Crippen molar-refractivity contribution >= 4 is 0 Å². The molecule has 0 aromatic carbocycles. The van der Waals surface area contributed by atoms with Crippen molar-refractivity contribution in [3.05, 3.63) is 0 Å². The highest BCUT2D eigenvalue weighted by Crippen LogP contribution is 2.19. The van der Waals surface area contributed by atoms with Crippen molar-refractivity contribution in [1.29, 1.82) is 0 Å². The van der Waals surface area contributed by atoms with Crippen LogP contribution in [0.3, 0.4) is 0 Å². The average molecular weight is 211 g/mol. The van der Waals surface area contributed by atoms with Gasteiger partial charge in [0.25, 0.3) is 0 Å². The lowest BCUT2D eigenvalue weighted by Crippen LogP contribution is -2.58. The predicted octanol–water partition coefficient (Wildman–Crippen LogP) is 0.764. The molecule has 2 aliphatic rings. The maximum absolute atomic E-state index is 3.59. The van der Waals surface area contributed by atoms with Gasteiger partial charge in [0.05, 0.1) is 0 Å². The Hall–Kier alpha value is -0.120. The van der Waals surface area contributed by atoms with Crippen LogP contribution in [0.4, 0.5) is 0 Å². The van der Waals surface area contributed by atoms with E-state index in [1.54, 1.807) is 0 Å². The van der Waals surface area contributed by atoms with E-state index in [0.717, 1.165) is 6.04 Å². The van der Waals surface area contributed by atoms with Crippen LogP contribution in [-0.4, -0.2) is 61.2 Å². The van der Waals surface area contributed by atoms with Crippen LogP contribution in [0.25, 0.3) is 0 Å². The van der Waals surface area contributed by atoms with Crippen LogP contribution in [0.5, 0.6) is 0 Å². The van der Waals surface area contributed by atoms with Gasteiger partial charge >= 0.3 is 0 Å². The van der Waals surface area contributed by atoms with E-state index in [4.69, 9.17) is 0 Å². The van der Waals surface area contributed by atoms with E-state index >= 15 is 0 Å². The predicted molar refractivity (Wildman–Crippen MR) is 64.2 cm³/mol.